The minimum atomic E-state index is 0. The number of hydrogen-bond acceptors (Lipinski definition) is 1. The van der Waals surface area contributed by atoms with Crippen LogP contribution >= 0.6 is 0 Å². The first-order valence-electron chi connectivity index (χ1n) is 4.85. The van der Waals surface area contributed by atoms with Gasteiger partial charge in [0.1, 0.15) is 6.29 Å². The van der Waals surface area contributed by atoms with Crippen LogP contribution in [0.2, 0.25) is 0 Å². The van der Waals surface area contributed by atoms with Gasteiger partial charge in [0.25, 0.3) is 0 Å². The van der Waals surface area contributed by atoms with E-state index in [4.69, 9.17) is 0 Å². The summed E-state index contributed by atoms with van der Waals surface area (Å²) in [6.07, 6.45) is 10.8. The summed E-state index contributed by atoms with van der Waals surface area (Å²) < 4.78 is 0. The number of unbranched alkanes of at least 4 members (excludes halogenated alkanes) is 7. The molecule has 0 aliphatic heterocycles. The molecule has 0 aliphatic carbocycles. The van der Waals surface area contributed by atoms with E-state index in [0.29, 0.717) is 0 Å². The van der Waals surface area contributed by atoms with Crippen molar-refractivity contribution >= 4 is 57.7 Å². The number of rotatable bonds is 8. The zero-order valence-electron chi connectivity index (χ0n) is 7.64. The molecule has 0 aliphatic rings. The first-order valence-corrected chi connectivity index (χ1v) is 4.85. The van der Waals surface area contributed by atoms with Crippen LogP contribution in [0.15, 0.2) is 0 Å². The van der Waals surface area contributed by atoms with Crippen molar-refractivity contribution in [2.45, 2.75) is 58.3 Å². The molecule has 0 rings (SSSR count). The van der Waals surface area contributed by atoms with Crippen molar-refractivity contribution in [3.63, 3.8) is 0 Å². The second kappa shape index (κ2) is 14.8. The molecule has 0 saturated carbocycles. The zero-order chi connectivity index (χ0) is 8.36. The maximum absolute atomic E-state index is 9.94. The zero-order valence-corrected chi connectivity index (χ0v) is 7.64. The van der Waals surface area contributed by atoms with Gasteiger partial charge in [0, 0.05) is 6.42 Å². The van der Waals surface area contributed by atoms with E-state index in [1.54, 1.807) is 0 Å². The second-order valence-corrected chi connectivity index (χ2v) is 3.08. The van der Waals surface area contributed by atoms with Gasteiger partial charge in [-0.3, -0.25) is 0 Å². The maximum atomic E-state index is 9.94. The number of aldehydes is 1. The molecule has 0 heterocycles. The Hall–Kier alpha value is 1.31. The standard InChI is InChI=1S/C10H20O.K.H/c1-2-3-4-5-6-7-8-9-10-11;;/h10H,2-9H2,1H3;;. The van der Waals surface area contributed by atoms with Crippen LogP contribution in [0.4, 0.5) is 0 Å². The Balaban J connectivity index is 0. The molecule has 0 N–H and O–H groups in total. The Labute approximate surface area is 119 Å². The summed E-state index contributed by atoms with van der Waals surface area (Å²) in [5.74, 6) is 0. The SMILES string of the molecule is CCCCCCCCCC=O.[KH]. The monoisotopic (exact) mass is 196 g/mol. The molecule has 0 spiro atoms. The summed E-state index contributed by atoms with van der Waals surface area (Å²) in [4.78, 5) is 9.94. The molecule has 0 aromatic carbocycles. The van der Waals surface area contributed by atoms with E-state index >= 15 is 0 Å². The van der Waals surface area contributed by atoms with Crippen molar-refractivity contribution in [3.8, 4) is 0 Å². The molecule has 68 valence electrons. The molecule has 0 radical (unpaired) electrons. The molecule has 0 amide bonds. The van der Waals surface area contributed by atoms with Crippen LogP contribution in [-0.4, -0.2) is 57.7 Å². The van der Waals surface area contributed by atoms with E-state index in [0.717, 1.165) is 19.1 Å². The fourth-order valence-electron chi connectivity index (χ4n) is 1.18. The summed E-state index contributed by atoms with van der Waals surface area (Å²) >= 11 is 0. The van der Waals surface area contributed by atoms with Crippen molar-refractivity contribution in [2.75, 3.05) is 0 Å². The van der Waals surface area contributed by atoms with Gasteiger partial charge in [-0.15, -0.1) is 0 Å². The Kier molecular flexibility index (Phi) is 19.5. The molecule has 1 nitrogen and oxygen atoms in total. The summed E-state index contributed by atoms with van der Waals surface area (Å²) in [7, 11) is 0. The predicted octanol–water partition coefficient (Wildman–Crippen LogP) is 2.68. The quantitative estimate of drug-likeness (QED) is 0.331. The third kappa shape index (κ3) is 13.9. The van der Waals surface area contributed by atoms with Gasteiger partial charge in [0.15, 0.2) is 0 Å². The van der Waals surface area contributed by atoms with E-state index in [2.05, 4.69) is 6.92 Å². The summed E-state index contributed by atoms with van der Waals surface area (Å²) in [5, 5.41) is 0. The average molecular weight is 196 g/mol. The van der Waals surface area contributed by atoms with Crippen molar-refractivity contribution in [1.29, 1.82) is 0 Å². The van der Waals surface area contributed by atoms with Crippen LogP contribution in [0.1, 0.15) is 58.3 Å². The molecule has 0 aromatic heterocycles. The van der Waals surface area contributed by atoms with E-state index in [1.165, 1.54) is 38.5 Å². The molecule has 0 saturated heterocycles. The van der Waals surface area contributed by atoms with Crippen molar-refractivity contribution in [1.82, 2.24) is 0 Å². The van der Waals surface area contributed by atoms with Gasteiger partial charge in [-0.2, -0.15) is 0 Å². The van der Waals surface area contributed by atoms with Gasteiger partial charge in [-0.05, 0) is 6.42 Å². The number of carbonyl (C=O) groups excluding carboxylic acids is 1. The molecule has 2 heteroatoms. The van der Waals surface area contributed by atoms with E-state index in [1.807, 2.05) is 0 Å². The van der Waals surface area contributed by atoms with Crippen molar-refractivity contribution < 1.29 is 4.79 Å². The fourth-order valence-corrected chi connectivity index (χ4v) is 1.18. The van der Waals surface area contributed by atoms with E-state index in [-0.39, 0.29) is 51.4 Å². The van der Waals surface area contributed by atoms with Crippen LogP contribution < -0.4 is 0 Å². The van der Waals surface area contributed by atoms with Crippen LogP contribution in [0, 0.1) is 0 Å². The molecule has 0 fully saturated rings. The summed E-state index contributed by atoms with van der Waals surface area (Å²) in [6, 6.07) is 0. The van der Waals surface area contributed by atoms with Crippen LogP contribution in [0.5, 0.6) is 0 Å². The predicted molar refractivity (Wildman–Crippen MR) is 55.8 cm³/mol. The molecule has 0 unspecified atom stereocenters. The summed E-state index contributed by atoms with van der Waals surface area (Å²) in [6.45, 7) is 2.23. The Morgan fingerprint density at radius 1 is 0.917 bits per heavy atom. The third-order valence-corrected chi connectivity index (χ3v) is 1.93. The Morgan fingerprint density at radius 3 is 1.92 bits per heavy atom. The van der Waals surface area contributed by atoms with E-state index in [9.17, 15) is 4.79 Å². The number of carbonyl (C=O) groups is 1. The van der Waals surface area contributed by atoms with Crippen LogP contribution in [0.3, 0.4) is 0 Å². The average Bonchev–Trinajstić information content (AvgIpc) is 2.03. The normalized spacial score (nSPS) is 9.08. The molecule has 0 aromatic rings. The first kappa shape index (κ1) is 15.8. The van der Waals surface area contributed by atoms with Gasteiger partial charge >= 0.3 is 51.4 Å². The van der Waals surface area contributed by atoms with Gasteiger partial charge in [0.2, 0.25) is 0 Å². The minimum absolute atomic E-state index is 0. The van der Waals surface area contributed by atoms with E-state index < -0.39 is 0 Å². The van der Waals surface area contributed by atoms with Gasteiger partial charge < -0.3 is 4.79 Å². The van der Waals surface area contributed by atoms with Gasteiger partial charge in [0.05, 0.1) is 0 Å². The van der Waals surface area contributed by atoms with Crippen molar-refractivity contribution in [2.24, 2.45) is 0 Å². The molecular formula is C10H21KO. The van der Waals surface area contributed by atoms with Gasteiger partial charge in [-0.25, -0.2) is 0 Å². The molecule has 0 bridgehead atoms. The fraction of sp³-hybridized carbons (Fsp3) is 0.900. The van der Waals surface area contributed by atoms with Crippen LogP contribution in [-0.2, 0) is 4.79 Å². The van der Waals surface area contributed by atoms with Crippen LogP contribution in [0.25, 0.3) is 0 Å². The molecule has 0 atom stereocenters. The topological polar surface area (TPSA) is 17.1 Å². The Morgan fingerprint density at radius 2 is 1.42 bits per heavy atom. The Bertz CT molecular complexity index is 83.9. The summed E-state index contributed by atoms with van der Waals surface area (Å²) in [5.41, 5.74) is 0. The van der Waals surface area contributed by atoms with Crippen molar-refractivity contribution in [3.05, 3.63) is 0 Å². The first-order chi connectivity index (χ1) is 5.41. The number of hydrogen-bond donors (Lipinski definition) is 0. The molecule has 12 heavy (non-hydrogen) atoms. The third-order valence-electron chi connectivity index (χ3n) is 1.93. The van der Waals surface area contributed by atoms with Gasteiger partial charge in [-0.1, -0.05) is 45.4 Å². The molecular weight excluding hydrogens is 175 g/mol. The second-order valence-electron chi connectivity index (χ2n) is 3.08.